The first-order chi connectivity index (χ1) is 14.2. The van der Waals surface area contributed by atoms with Gasteiger partial charge in [-0.25, -0.2) is 9.97 Å². The van der Waals surface area contributed by atoms with E-state index in [9.17, 15) is 14.7 Å². The highest BCUT2D eigenvalue weighted by Gasteiger charge is 2.22. The SMILES string of the molecule is CC(=O)NC1CCC(CCc2ncc3cccc(C(=O)NCC(C)(C)O)c3n2)CC1. The summed E-state index contributed by atoms with van der Waals surface area (Å²) in [7, 11) is 0. The van der Waals surface area contributed by atoms with Crippen LogP contribution in [0.4, 0.5) is 0 Å². The molecule has 30 heavy (non-hydrogen) atoms. The predicted molar refractivity (Wildman–Crippen MR) is 116 cm³/mol. The number of carbonyl (C=O) groups excluding carboxylic acids is 2. The zero-order chi connectivity index (χ0) is 21.7. The molecule has 0 atom stereocenters. The van der Waals surface area contributed by atoms with Crippen LogP contribution in [0.3, 0.4) is 0 Å². The lowest BCUT2D eigenvalue weighted by Crippen LogP contribution is -2.38. The molecular formula is C23H32N4O3. The van der Waals surface area contributed by atoms with Gasteiger partial charge in [0.15, 0.2) is 0 Å². The normalized spacial score (nSPS) is 19.5. The van der Waals surface area contributed by atoms with Crippen LogP contribution in [-0.2, 0) is 11.2 Å². The van der Waals surface area contributed by atoms with Crippen LogP contribution in [0.2, 0.25) is 0 Å². The largest absolute Gasteiger partial charge is 0.389 e. The van der Waals surface area contributed by atoms with Gasteiger partial charge in [-0.2, -0.15) is 0 Å². The highest BCUT2D eigenvalue weighted by molar-refractivity contribution is 6.05. The molecule has 3 N–H and O–H groups in total. The summed E-state index contributed by atoms with van der Waals surface area (Å²) in [6, 6.07) is 5.77. The van der Waals surface area contributed by atoms with E-state index in [1.807, 2.05) is 12.1 Å². The first-order valence-corrected chi connectivity index (χ1v) is 10.7. The second-order valence-electron chi connectivity index (χ2n) is 8.98. The zero-order valence-electron chi connectivity index (χ0n) is 18.1. The number of carbonyl (C=O) groups is 2. The molecule has 1 heterocycles. The molecule has 0 unspecified atom stereocenters. The Kier molecular flexibility index (Phi) is 7.02. The molecule has 2 aromatic rings. The molecule has 0 aliphatic heterocycles. The molecule has 0 saturated heterocycles. The summed E-state index contributed by atoms with van der Waals surface area (Å²) >= 11 is 0. The fourth-order valence-corrected chi connectivity index (χ4v) is 4.00. The number of aromatic nitrogens is 2. The molecule has 1 aliphatic rings. The van der Waals surface area contributed by atoms with Crippen LogP contribution >= 0.6 is 0 Å². The van der Waals surface area contributed by atoms with Gasteiger partial charge in [0.25, 0.3) is 5.91 Å². The lowest BCUT2D eigenvalue weighted by Gasteiger charge is -2.28. The molecule has 0 bridgehead atoms. The number of para-hydroxylation sites is 1. The van der Waals surface area contributed by atoms with E-state index in [1.54, 1.807) is 33.0 Å². The predicted octanol–water partition coefficient (Wildman–Crippen LogP) is 2.76. The van der Waals surface area contributed by atoms with Crippen molar-refractivity contribution in [1.29, 1.82) is 0 Å². The van der Waals surface area contributed by atoms with Crippen molar-refractivity contribution in [2.75, 3.05) is 6.54 Å². The van der Waals surface area contributed by atoms with E-state index in [1.165, 1.54) is 0 Å². The summed E-state index contributed by atoms with van der Waals surface area (Å²) in [6.45, 7) is 5.05. The van der Waals surface area contributed by atoms with Gasteiger partial charge < -0.3 is 15.7 Å². The number of hydrogen-bond donors (Lipinski definition) is 3. The number of nitrogens with one attached hydrogen (secondary N) is 2. The van der Waals surface area contributed by atoms with E-state index in [2.05, 4.69) is 20.6 Å². The van der Waals surface area contributed by atoms with Gasteiger partial charge in [-0.05, 0) is 57.9 Å². The monoisotopic (exact) mass is 412 g/mol. The van der Waals surface area contributed by atoms with Gasteiger partial charge >= 0.3 is 0 Å². The number of fused-ring (bicyclic) bond motifs is 1. The number of aryl methyl sites for hydroxylation is 1. The molecule has 162 valence electrons. The van der Waals surface area contributed by atoms with Crippen LogP contribution in [0, 0.1) is 5.92 Å². The van der Waals surface area contributed by atoms with Crippen molar-refractivity contribution in [3.8, 4) is 0 Å². The van der Waals surface area contributed by atoms with E-state index in [-0.39, 0.29) is 18.4 Å². The van der Waals surface area contributed by atoms with Crippen molar-refractivity contribution in [3.05, 3.63) is 35.8 Å². The zero-order valence-corrected chi connectivity index (χ0v) is 18.1. The number of hydrogen-bond acceptors (Lipinski definition) is 5. The van der Waals surface area contributed by atoms with E-state index < -0.39 is 5.60 Å². The van der Waals surface area contributed by atoms with Crippen molar-refractivity contribution in [2.45, 2.75) is 70.9 Å². The van der Waals surface area contributed by atoms with Gasteiger partial charge in [0.05, 0.1) is 16.7 Å². The van der Waals surface area contributed by atoms with Crippen molar-refractivity contribution in [3.63, 3.8) is 0 Å². The van der Waals surface area contributed by atoms with Crippen LogP contribution < -0.4 is 10.6 Å². The fourth-order valence-electron chi connectivity index (χ4n) is 4.00. The summed E-state index contributed by atoms with van der Waals surface area (Å²) in [4.78, 5) is 33.0. The Balaban J connectivity index is 1.63. The molecule has 1 fully saturated rings. The smallest absolute Gasteiger partial charge is 0.253 e. The third kappa shape index (κ3) is 6.23. The Hall–Kier alpha value is -2.54. The van der Waals surface area contributed by atoms with Crippen molar-refractivity contribution in [1.82, 2.24) is 20.6 Å². The minimum absolute atomic E-state index is 0.0467. The maximum Gasteiger partial charge on any atom is 0.253 e. The minimum Gasteiger partial charge on any atom is -0.389 e. The molecule has 7 nitrogen and oxygen atoms in total. The summed E-state index contributed by atoms with van der Waals surface area (Å²) in [5.74, 6) is 1.16. The molecular weight excluding hydrogens is 380 g/mol. The lowest BCUT2D eigenvalue weighted by atomic mass is 9.83. The Bertz CT molecular complexity index is 899. The van der Waals surface area contributed by atoms with Gasteiger partial charge in [-0.3, -0.25) is 9.59 Å². The Morgan fingerprint density at radius 3 is 2.60 bits per heavy atom. The van der Waals surface area contributed by atoms with Crippen molar-refractivity contribution >= 4 is 22.7 Å². The number of benzene rings is 1. The summed E-state index contributed by atoms with van der Waals surface area (Å²) in [5.41, 5.74) is 0.167. The fraction of sp³-hybridized carbons (Fsp3) is 0.565. The van der Waals surface area contributed by atoms with Crippen LogP contribution in [-0.4, -0.2) is 45.1 Å². The van der Waals surface area contributed by atoms with Crippen molar-refractivity contribution in [2.24, 2.45) is 5.92 Å². The Labute approximate surface area is 177 Å². The second kappa shape index (κ2) is 9.51. The molecule has 7 heteroatoms. The van der Waals surface area contributed by atoms with Gasteiger partial charge in [0, 0.05) is 37.5 Å². The average molecular weight is 413 g/mol. The average Bonchev–Trinajstić information content (AvgIpc) is 2.70. The van der Waals surface area contributed by atoms with Crippen LogP contribution in [0.25, 0.3) is 10.9 Å². The quantitative estimate of drug-likeness (QED) is 0.649. The maximum atomic E-state index is 12.6. The molecule has 1 aromatic heterocycles. The van der Waals surface area contributed by atoms with E-state index in [4.69, 9.17) is 0 Å². The van der Waals surface area contributed by atoms with Gasteiger partial charge in [-0.15, -0.1) is 0 Å². The summed E-state index contributed by atoms with van der Waals surface area (Å²) in [5, 5.41) is 16.5. The van der Waals surface area contributed by atoms with Gasteiger partial charge in [0.2, 0.25) is 5.91 Å². The van der Waals surface area contributed by atoms with Crippen LogP contribution in [0.5, 0.6) is 0 Å². The maximum absolute atomic E-state index is 12.6. The Morgan fingerprint density at radius 2 is 1.93 bits per heavy atom. The highest BCUT2D eigenvalue weighted by Crippen LogP contribution is 2.28. The van der Waals surface area contributed by atoms with E-state index in [0.717, 1.165) is 49.7 Å². The van der Waals surface area contributed by atoms with Crippen LogP contribution in [0.1, 0.15) is 69.1 Å². The third-order valence-corrected chi connectivity index (χ3v) is 5.62. The number of amides is 2. The molecule has 1 aromatic carbocycles. The van der Waals surface area contributed by atoms with Crippen molar-refractivity contribution < 1.29 is 14.7 Å². The number of nitrogens with zero attached hydrogens (tertiary/aromatic N) is 2. The number of rotatable bonds is 7. The highest BCUT2D eigenvalue weighted by atomic mass is 16.3. The summed E-state index contributed by atoms with van der Waals surface area (Å²) < 4.78 is 0. The lowest BCUT2D eigenvalue weighted by molar-refractivity contribution is -0.119. The van der Waals surface area contributed by atoms with E-state index in [0.29, 0.717) is 23.0 Å². The second-order valence-corrected chi connectivity index (χ2v) is 8.98. The molecule has 1 aliphatic carbocycles. The molecule has 3 rings (SSSR count). The standard InChI is InChI=1S/C23H32N4O3/c1-15(28)26-18-10-7-16(8-11-18)9-12-20-24-13-17-5-4-6-19(21(17)27-20)22(29)25-14-23(2,3)30/h4-6,13,16,18,30H,7-12,14H2,1-3H3,(H,25,29)(H,26,28). The molecule has 0 radical (unpaired) electrons. The summed E-state index contributed by atoms with van der Waals surface area (Å²) in [6.07, 6.45) is 7.80. The molecule has 1 saturated carbocycles. The topological polar surface area (TPSA) is 104 Å². The number of aliphatic hydroxyl groups is 1. The first-order valence-electron chi connectivity index (χ1n) is 10.7. The van der Waals surface area contributed by atoms with E-state index >= 15 is 0 Å². The van der Waals surface area contributed by atoms with Gasteiger partial charge in [0.1, 0.15) is 5.82 Å². The first kappa shape index (κ1) is 22.2. The minimum atomic E-state index is -0.973. The molecule has 0 spiro atoms. The molecule has 2 amide bonds. The third-order valence-electron chi connectivity index (χ3n) is 5.62. The van der Waals surface area contributed by atoms with Gasteiger partial charge in [-0.1, -0.05) is 12.1 Å². The van der Waals surface area contributed by atoms with Crippen LogP contribution in [0.15, 0.2) is 24.4 Å². The Morgan fingerprint density at radius 1 is 1.20 bits per heavy atom.